The van der Waals surface area contributed by atoms with Gasteiger partial charge in [0.25, 0.3) is 0 Å². The molecule has 1 aliphatic rings. The molecule has 0 aromatic heterocycles. The lowest BCUT2D eigenvalue weighted by atomic mass is 9.95. The molecular weight excluding hydrogens is 274 g/mol. The van der Waals surface area contributed by atoms with Crippen molar-refractivity contribution in [3.63, 3.8) is 0 Å². The normalized spacial score (nSPS) is 17.8. The largest absolute Gasteiger partial charge is 0.326 e. The Morgan fingerprint density at radius 1 is 1.25 bits per heavy atom. The predicted octanol–water partition coefficient (Wildman–Crippen LogP) is 1.46. The molecule has 0 amide bonds. The summed E-state index contributed by atoms with van der Waals surface area (Å²) in [5.41, 5.74) is 6.42. The Kier molecular flexibility index (Phi) is 4.76. The van der Waals surface area contributed by atoms with Crippen LogP contribution in [0, 0.1) is 17.2 Å². The summed E-state index contributed by atoms with van der Waals surface area (Å²) >= 11 is 0. The van der Waals surface area contributed by atoms with Gasteiger partial charge in [-0.2, -0.15) is 9.57 Å². The minimum atomic E-state index is -3.42. The fraction of sp³-hybridized carbons (Fsp3) is 0.500. The molecule has 1 aromatic rings. The molecule has 0 unspecified atom stereocenters. The van der Waals surface area contributed by atoms with Crippen LogP contribution in [0.5, 0.6) is 0 Å². The molecule has 1 aromatic carbocycles. The van der Waals surface area contributed by atoms with E-state index < -0.39 is 10.0 Å². The molecule has 5 nitrogen and oxygen atoms in total. The van der Waals surface area contributed by atoms with Crippen molar-refractivity contribution >= 4 is 10.0 Å². The molecule has 0 bridgehead atoms. The predicted molar refractivity (Wildman–Crippen MR) is 76.0 cm³/mol. The van der Waals surface area contributed by atoms with E-state index in [-0.39, 0.29) is 0 Å². The lowest BCUT2D eigenvalue weighted by Gasteiger charge is -2.30. The highest BCUT2D eigenvalue weighted by Gasteiger charge is 2.29. The number of piperidine rings is 1. The Morgan fingerprint density at radius 3 is 2.35 bits per heavy atom. The van der Waals surface area contributed by atoms with E-state index in [1.165, 1.54) is 4.31 Å². The van der Waals surface area contributed by atoms with Crippen LogP contribution in [-0.2, 0) is 16.6 Å². The van der Waals surface area contributed by atoms with Crippen LogP contribution in [0.1, 0.15) is 24.8 Å². The molecule has 20 heavy (non-hydrogen) atoms. The van der Waals surface area contributed by atoms with Crippen LogP contribution in [0.4, 0.5) is 0 Å². The molecule has 2 rings (SSSR count). The van der Waals surface area contributed by atoms with Gasteiger partial charge in [0.1, 0.15) is 0 Å². The van der Waals surface area contributed by atoms with Crippen molar-refractivity contribution in [2.24, 2.45) is 11.7 Å². The maximum Gasteiger partial charge on any atom is 0.243 e. The first-order chi connectivity index (χ1) is 9.57. The highest BCUT2D eigenvalue weighted by atomic mass is 32.2. The third kappa shape index (κ3) is 3.18. The maximum absolute atomic E-state index is 12.5. The van der Waals surface area contributed by atoms with Crippen LogP contribution in [0.25, 0.3) is 0 Å². The van der Waals surface area contributed by atoms with Crippen molar-refractivity contribution in [2.75, 3.05) is 13.1 Å². The highest BCUT2D eigenvalue weighted by Crippen LogP contribution is 2.25. The molecule has 0 aliphatic carbocycles. The van der Waals surface area contributed by atoms with Gasteiger partial charge in [-0.3, -0.25) is 0 Å². The fourth-order valence-electron chi connectivity index (χ4n) is 2.43. The number of hydrogen-bond acceptors (Lipinski definition) is 4. The third-order valence-electron chi connectivity index (χ3n) is 3.75. The Balaban J connectivity index is 2.09. The second kappa shape index (κ2) is 6.35. The second-order valence-corrected chi connectivity index (χ2v) is 7.00. The van der Waals surface area contributed by atoms with E-state index in [4.69, 9.17) is 11.0 Å². The van der Waals surface area contributed by atoms with E-state index in [9.17, 15) is 8.42 Å². The summed E-state index contributed by atoms with van der Waals surface area (Å²) in [5, 5.41) is 8.68. The quantitative estimate of drug-likeness (QED) is 0.910. The lowest BCUT2D eigenvalue weighted by Crippen LogP contribution is -2.38. The minimum absolute atomic E-state index is 0.313. The van der Waals surface area contributed by atoms with Crippen LogP contribution in [0.3, 0.4) is 0 Å². The highest BCUT2D eigenvalue weighted by molar-refractivity contribution is 7.89. The summed E-state index contributed by atoms with van der Waals surface area (Å²) in [6.07, 6.45) is 2.03. The monoisotopic (exact) mass is 293 g/mol. The molecule has 0 spiro atoms. The van der Waals surface area contributed by atoms with Gasteiger partial charge in [-0.05, 0) is 36.5 Å². The summed E-state index contributed by atoms with van der Waals surface area (Å²) in [7, 11) is -3.42. The van der Waals surface area contributed by atoms with Gasteiger partial charge < -0.3 is 5.73 Å². The lowest BCUT2D eigenvalue weighted by molar-refractivity contribution is 0.276. The number of sulfonamides is 1. The van der Waals surface area contributed by atoms with Crippen molar-refractivity contribution in [3.8, 4) is 6.07 Å². The topological polar surface area (TPSA) is 87.2 Å². The van der Waals surface area contributed by atoms with Gasteiger partial charge in [0.05, 0.1) is 11.0 Å². The van der Waals surface area contributed by atoms with Gasteiger partial charge in [0.2, 0.25) is 10.0 Å². The van der Waals surface area contributed by atoms with Crippen LogP contribution < -0.4 is 5.73 Å². The molecule has 108 valence electrons. The van der Waals surface area contributed by atoms with Gasteiger partial charge in [-0.15, -0.1) is 0 Å². The summed E-state index contributed by atoms with van der Waals surface area (Å²) in [4.78, 5) is 0.313. The van der Waals surface area contributed by atoms with E-state index in [2.05, 4.69) is 6.07 Å². The number of benzene rings is 1. The molecule has 1 fully saturated rings. The van der Waals surface area contributed by atoms with Crippen LogP contribution >= 0.6 is 0 Å². The Labute approximate surface area is 120 Å². The van der Waals surface area contributed by atoms with Gasteiger partial charge in [0, 0.05) is 26.1 Å². The average molecular weight is 293 g/mol. The zero-order valence-corrected chi connectivity index (χ0v) is 12.1. The Hall–Kier alpha value is -1.42. The van der Waals surface area contributed by atoms with E-state index in [0.717, 1.165) is 18.4 Å². The van der Waals surface area contributed by atoms with Gasteiger partial charge >= 0.3 is 0 Å². The molecule has 1 heterocycles. The Bertz CT molecular complexity index is 582. The maximum atomic E-state index is 12.5. The van der Waals surface area contributed by atoms with Crippen molar-refractivity contribution in [3.05, 3.63) is 29.8 Å². The van der Waals surface area contributed by atoms with E-state index >= 15 is 0 Å². The molecule has 0 saturated carbocycles. The van der Waals surface area contributed by atoms with Crippen LogP contribution in [-0.4, -0.2) is 25.8 Å². The van der Waals surface area contributed by atoms with E-state index in [0.29, 0.717) is 36.9 Å². The summed E-state index contributed by atoms with van der Waals surface area (Å²) in [6.45, 7) is 1.39. The minimum Gasteiger partial charge on any atom is -0.326 e. The van der Waals surface area contributed by atoms with E-state index in [1.807, 2.05) is 0 Å². The SMILES string of the molecule is N#CCC1CCN(S(=O)(=O)c2ccc(CN)cc2)CC1. The van der Waals surface area contributed by atoms with Gasteiger partial charge in [0.15, 0.2) is 0 Å². The zero-order valence-electron chi connectivity index (χ0n) is 11.3. The molecular formula is C14H19N3O2S. The smallest absolute Gasteiger partial charge is 0.243 e. The molecule has 0 atom stereocenters. The first-order valence-electron chi connectivity index (χ1n) is 6.74. The van der Waals surface area contributed by atoms with Crippen molar-refractivity contribution in [2.45, 2.75) is 30.7 Å². The summed E-state index contributed by atoms with van der Waals surface area (Å²) < 4.78 is 26.5. The first-order valence-corrected chi connectivity index (χ1v) is 8.18. The first kappa shape index (κ1) is 15.0. The van der Waals surface area contributed by atoms with Crippen molar-refractivity contribution in [1.82, 2.24) is 4.31 Å². The second-order valence-electron chi connectivity index (χ2n) is 5.06. The molecule has 1 saturated heterocycles. The number of nitrogens with two attached hydrogens (primary N) is 1. The molecule has 0 radical (unpaired) electrons. The molecule has 6 heteroatoms. The van der Waals surface area contributed by atoms with Crippen molar-refractivity contribution in [1.29, 1.82) is 5.26 Å². The van der Waals surface area contributed by atoms with Gasteiger partial charge in [-0.25, -0.2) is 8.42 Å². The average Bonchev–Trinajstić information content (AvgIpc) is 2.48. The van der Waals surface area contributed by atoms with Crippen LogP contribution in [0.2, 0.25) is 0 Å². The van der Waals surface area contributed by atoms with Crippen molar-refractivity contribution < 1.29 is 8.42 Å². The molecule has 2 N–H and O–H groups in total. The van der Waals surface area contributed by atoms with Gasteiger partial charge in [-0.1, -0.05) is 12.1 Å². The number of rotatable bonds is 4. The zero-order chi connectivity index (χ0) is 14.6. The standard InChI is InChI=1S/C14H19N3O2S/c15-8-5-12-6-9-17(10-7-12)20(18,19)14-3-1-13(11-16)2-4-14/h1-4,12H,5-7,9-11,16H2. The fourth-order valence-corrected chi connectivity index (χ4v) is 3.90. The summed E-state index contributed by atoms with van der Waals surface area (Å²) in [5.74, 6) is 0.325. The van der Waals surface area contributed by atoms with E-state index in [1.54, 1.807) is 24.3 Å². The number of nitriles is 1. The molecule has 1 aliphatic heterocycles. The number of hydrogen-bond donors (Lipinski definition) is 1. The van der Waals surface area contributed by atoms with Crippen LogP contribution in [0.15, 0.2) is 29.2 Å². The third-order valence-corrected chi connectivity index (χ3v) is 5.66. The summed E-state index contributed by atoms with van der Waals surface area (Å²) in [6, 6.07) is 8.87. The Morgan fingerprint density at radius 2 is 1.85 bits per heavy atom. The number of nitrogens with zero attached hydrogens (tertiary/aromatic N) is 2.